The molecule has 2 heterocycles. The monoisotopic (exact) mass is 380 g/mol. The maximum Gasteiger partial charge on any atom is 0.256 e. The fourth-order valence-corrected chi connectivity index (χ4v) is 2.87. The molecule has 0 fully saturated rings. The van der Waals surface area contributed by atoms with E-state index < -0.39 is 5.91 Å². The van der Waals surface area contributed by atoms with Gasteiger partial charge in [0, 0.05) is 31.7 Å². The highest BCUT2D eigenvalue weighted by Gasteiger charge is 2.17. The Morgan fingerprint density at radius 2 is 1.96 bits per heavy atom. The van der Waals surface area contributed by atoms with Crippen LogP contribution in [0, 0.1) is 0 Å². The molecule has 8 heteroatoms. The molecule has 1 amide bonds. The Morgan fingerprint density at radius 3 is 2.64 bits per heavy atom. The summed E-state index contributed by atoms with van der Waals surface area (Å²) in [6.07, 6.45) is 3.95. The molecular weight excluding hydrogens is 356 g/mol. The van der Waals surface area contributed by atoms with Crippen LogP contribution in [0.1, 0.15) is 16.8 Å². The van der Waals surface area contributed by atoms with Gasteiger partial charge in [0.1, 0.15) is 5.56 Å². The summed E-state index contributed by atoms with van der Waals surface area (Å²) in [6.45, 7) is 1.67. The molecule has 0 atom stereocenters. The number of anilines is 1. The van der Waals surface area contributed by atoms with E-state index in [1.165, 1.54) is 19.4 Å². The van der Waals surface area contributed by atoms with E-state index in [1.807, 2.05) is 44.4 Å². The number of benzene rings is 1. The van der Waals surface area contributed by atoms with Crippen LogP contribution >= 0.6 is 0 Å². The van der Waals surface area contributed by atoms with Crippen LogP contribution in [0.2, 0.25) is 0 Å². The lowest BCUT2D eigenvalue weighted by Crippen LogP contribution is -2.27. The Kier molecular flexibility index (Phi) is 6.00. The smallest absolute Gasteiger partial charge is 0.256 e. The molecule has 0 saturated carbocycles. The zero-order chi connectivity index (χ0) is 20.1. The first-order valence-electron chi connectivity index (χ1n) is 9.09. The van der Waals surface area contributed by atoms with Crippen molar-refractivity contribution in [2.75, 3.05) is 39.5 Å². The van der Waals surface area contributed by atoms with E-state index in [4.69, 9.17) is 0 Å². The van der Waals surface area contributed by atoms with Gasteiger partial charge in [0.25, 0.3) is 5.91 Å². The third-order valence-electron chi connectivity index (χ3n) is 4.32. The molecule has 1 aromatic carbocycles. The fraction of sp³-hybridized carbons (Fsp3) is 0.300. The molecule has 0 saturated heterocycles. The third kappa shape index (κ3) is 4.17. The number of fused-ring (bicyclic) bond motifs is 1. The minimum absolute atomic E-state index is 0.0501. The number of aromatic nitrogens is 3. The van der Waals surface area contributed by atoms with Crippen LogP contribution in [-0.2, 0) is 0 Å². The number of hydrogen-bond acceptors (Lipinski definition) is 6. The number of nitrogens with zero attached hydrogens (tertiary/aromatic N) is 4. The lowest BCUT2D eigenvalue weighted by atomic mass is 10.2. The van der Waals surface area contributed by atoms with Crippen molar-refractivity contribution in [1.29, 1.82) is 0 Å². The van der Waals surface area contributed by atoms with Gasteiger partial charge in [0.2, 0.25) is 11.4 Å². The number of carbonyl (C=O) groups excluding carboxylic acids is 1. The Balaban J connectivity index is 2.08. The van der Waals surface area contributed by atoms with Gasteiger partial charge in [0.15, 0.2) is 5.65 Å². The van der Waals surface area contributed by atoms with Crippen LogP contribution in [-0.4, -0.2) is 59.6 Å². The van der Waals surface area contributed by atoms with Crippen molar-refractivity contribution in [2.24, 2.45) is 0 Å². The summed E-state index contributed by atoms with van der Waals surface area (Å²) in [6, 6.07) is 9.47. The van der Waals surface area contributed by atoms with Crippen LogP contribution in [0.3, 0.4) is 0 Å². The molecule has 146 valence electrons. The Morgan fingerprint density at radius 1 is 1.21 bits per heavy atom. The molecule has 0 radical (unpaired) electrons. The first-order chi connectivity index (χ1) is 13.5. The van der Waals surface area contributed by atoms with Gasteiger partial charge >= 0.3 is 0 Å². The van der Waals surface area contributed by atoms with Crippen molar-refractivity contribution < 1.29 is 4.79 Å². The number of pyridine rings is 1. The van der Waals surface area contributed by atoms with Crippen LogP contribution in [0.5, 0.6) is 0 Å². The number of nitrogens with one attached hydrogen (secondary N) is 2. The highest BCUT2D eigenvalue weighted by atomic mass is 16.2. The van der Waals surface area contributed by atoms with Crippen LogP contribution in [0.25, 0.3) is 16.7 Å². The lowest BCUT2D eigenvalue weighted by molar-refractivity contribution is 0.0961. The van der Waals surface area contributed by atoms with Gasteiger partial charge in [-0.1, -0.05) is 18.2 Å². The van der Waals surface area contributed by atoms with Gasteiger partial charge in [-0.2, -0.15) is 4.98 Å². The SMILES string of the molecule is CNC(=O)c1cn(-c2ccccc2)c2nc(NCCCN(C)C)ncc2c1=O. The number of para-hydroxylation sites is 1. The summed E-state index contributed by atoms with van der Waals surface area (Å²) in [5.74, 6) is 0.00509. The zero-order valence-corrected chi connectivity index (χ0v) is 16.3. The Labute approximate surface area is 163 Å². The fourth-order valence-electron chi connectivity index (χ4n) is 2.87. The van der Waals surface area contributed by atoms with Crippen molar-refractivity contribution in [3.63, 3.8) is 0 Å². The molecule has 2 aromatic heterocycles. The third-order valence-corrected chi connectivity index (χ3v) is 4.32. The molecule has 28 heavy (non-hydrogen) atoms. The van der Waals surface area contributed by atoms with E-state index in [0.29, 0.717) is 17.0 Å². The van der Waals surface area contributed by atoms with Crippen molar-refractivity contribution in [3.05, 3.63) is 58.5 Å². The summed E-state index contributed by atoms with van der Waals surface area (Å²) < 4.78 is 1.74. The van der Waals surface area contributed by atoms with Gasteiger partial charge in [0.05, 0.1) is 5.39 Å². The predicted octanol–water partition coefficient (Wildman–Crippen LogP) is 1.50. The second kappa shape index (κ2) is 8.62. The van der Waals surface area contributed by atoms with Gasteiger partial charge in [-0.25, -0.2) is 4.98 Å². The predicted molar refractivity (Wildman–Crippen MR) is 110 cm³/mol. The van der Waals surface area contributed by atoms with Crippen molar-refractivity contribution in [1.82, 2.24) is 24.8 Å². The largest absolute Gasteiger partial charge is 0.355 e. The van der Waals surface area contributed by atoms with Gasteiger partial charge in [-0.3, -0.25) is 9.59 Å². The number of rotatable bonds is 7. The van der Waals surface area contributed by atoms with Crippen LogP contribution in [0.15, 0.2) is 47.5 Å². The van der Waals surface area contributed by atoms with E-state index in [-0.39, 0.29) is 11.0 Å². The zero-order valence-electron chi connectivity index (χ0n) is 16.3. The normalized spacial score (nSPS) is 11.0. The molecule has 2 N–H and O–H groups in total. The minimum atomic E-state index is -0.442. The summed E-state index contributed by atoms with van der Waals surface area (Å²) in [7, 11) is 5.54. The molecule has 0 unspecified atom stereocenters. The summed E-state index contributed by atoms with van der Waals surface area (Å²) >= 11 is 0. The van der Waals surface area contributed by atoms with E-state index in [0.717, 1.165) is 25.2 Å². The average molecular weight is 380 g/mol. The Hall–Kier alpha value is -3.26. The highest BCUT2D eigenvalue weighted by molar-refractivity contribution is 5.97. The molecule has 0 aliphatic carbocycles. The summed E-state index contributed by atoms with van der Waals surface area (Å²) in [5, 5.41) is 6.00. The second-order valence-corrected chi connectivity index (χ2v) is 6.67. The van der Waals surface area contributed by atoms with Gasteiger partial charge < -0.3 is 20.1 Å². The number of hydrogen-bond donors (Lipinski definition) is 2. The second-order valence-electron chi connectivity index (χ2n) is 6.67. The molecular formula is C20H24N6O2. The van der Waals surface area contributed by atoms with E-state index in [9.17, 15) is 9.59 Å². The summed E-state index contributed by atoms with van der Waals surface area (Å²) in [5.41, 5.74) is 0.915. The first kappa shape index (κ1) is 19.5. The topological polar surface area (TPSA) is 92.2 Å². The number of amides is 1. The van der Waals surface area contributed by atoms with Crippen LogP contribution in [0.4, 0.5) is 5.95 Å². The molecule has 0 bridgehead atoms. The first-order valence-corrected chi connectivity index (χ1v) is 9.09. The lowest BCUT2D eigenvalue weighted by Gasteiger charge is -2.14. The number of carbonyl (C=O) groups is 1. The minimum Gasteiger partial charge on any atom is -0.355 e. The molecule has 3 aromatic rings. The van der Waals surface area contributed by atoms with Gasteiger partial charge in [-0.05, 0) is 39.2 Å². The summed E-state index contributed by atoms with van der Waals surface area (Å²) in [4.78, 5) is 35.9. The van der Waals surface area contributed by atoms with Gasteiger partial charge in [-0.15, -0.1) is 0 Å². The Bertz CT molecular complexity index is 1030. The molecule has 0 aliphatic rings. The molecule has 0 aliphatic heterocycles. The molecule has 0 spiro atoms. The molecule has 8 nitrogen and oxygen atoms in total. The maximum absolute atomic E-state index is 12.8. The maximum atomic E-state index is 12.8. The van der Waals surface area contributed by atoms with E-state index in [2.05, 4.69) is 25.5 Å². The van der Waals surface area contributed by atoms with Crippen molar-refractivity contribution in [3.8, 4) is 5.69 Å². The molecule has 3 rings (SSSR count). The van der Waals surface area contributed by atoms with E-state index in [1.54, 1.807) is 4.57 Å². The van der Waals surface area contributed by atoms with Crippen LogP contribution < -0.4 is 16.1 Å². The van der Waals surface area contributed by atoms with Crippen molar-refractivity contribution in [2.45, 2.75) is 6.42 Å². The van der Waals surface area contributed by atoms with E-state index >= 15 is 0 Å². The standard InChI is InChI=1S/C20H24N6O2/c1-21-19(28)16-13-26(14-8-5-4-6-9-14)18-15(17(16)27)12-23-20(24-18)22-10-7-11-25(2)3/h4-6,8-9,12-13H,7,10-11H2,1-3H3,(H,21,28)(H,22,23,24). The quantitative estimate of drug-likeness (QED) is 0.604. The van der Waals surface area contributed by atoms with Crippen molar-refractivity contribution >= 4 is 22.9 Å². The highest BCUT2D eigenvalue weighted by Crippen LogP contribution is 2.17. The average Bonchev–Trinajstić information content (AvgIpc) is 2.71.